The predicted octanol–water partition coefficient (Wildman–Crippen LogP) is 7.46. The van der Waals surface area contributed by atoms with Crippen molar-refractivity contribution < 1.29 is 33.4 Å². The Balaban J connectivity index is 0.000000178. The standard InChI is InChI=1S/C15H11N3O4S.C12H10O3.C3H3N3O2S/c1-9-4-2-3-5-10(9)11-6-7-12(22-11)14(19)17-15-16-8-13(23-15)18(20)21;1-8-4-2-3-5-9(8)10-6-7-11(15-10)12(13)14;4-3-5-1-2(9-3)6(7)8/h2-8H,1H3,(H,16,17,19);2-7H,1H3,(H,13,14);1H,(H2,4,5). The number of anilines is 2. The van der Waals surface area contributed by atoms with Gasteiger partial charge in [-0.05, 0) is 71.9 Å². The molecule has 0 saturated carbocycles. The lowest BCUT2D eigenvalue weighted by Gasteiger charge is -2.01. The minimum Gasteiger partial charge on any atom is -0.475 e. The smallest absolute Gasteiger partial charge is 0.371 e. The highest BCUT2D eigenvalue weighted by atomic mass is 32.1. The molecule has 0 radical (unpaired) electrons. The predicted molar refractivity (Wildman–Crippen MR) is 175 cm³/mol. The van der Waals surface area contributed by atoms with E-state index in [1.807, 2.05) is 62.4 Å². The molecule has 0 aliphatic rings. The molecule has 0 aliphatic heterocycles. The van der Waals surface area contributed by atoms with Crippen LogP contribution in [0.1, 0.15) is 32.2 Å². The van der Waals surface area contributed by atoms with Crippen LogP contribution in [0.4, 0.5) is 20.3 Å². The SMILES string of the molecule is Cc1ccccc1-c1ccc(C(=O)Nc2ncc([N+](=O)[O-])s2)o1.Cc1ccccc1-c1ccc(C(=O)O)o1.Nc1ncc([N+](=O)[O-])s1. The highest BCUT2D eigenvalue weighted by Crippen LogP contribution is 2.28. The Morgan fingerprint density at radius 3 is 1.68 bits per heavy atom. The molecule has 0 saturated heterocycles. The Morgan fingerprint density at radius 2 is 1.26 bits per heavy atom. The molecule has 2 aromatic carbocycles. The van der Waals surface area contributed by atoms with Crippen LogP contribution in [0.2, 0.25) is 0 Å². The van der Waals surface area contributed by atoms with Crippen LogP contribution in [-0.2, 0) is 0 Å². The number of hydrogen-bond acceptors (Lipinski definition) is 13. The molecule has 4 aromatic heterocycles. The van der Waals surface area contributed by atoms with Crippen LogP contribution in [0, 0.1) is 34.1 Å². The number of thiazole rings is 2. The lowest BCUT2D eigenvalue weighted by atomic mass is 10.1. The lowest BCUT2D eigenvalue weighted by molar-refractivity contribution is -0.380. The molecule has 17 heteroatoms. The summed E-state index contributed by atoms with van der Waals surface area (Å²) in [6.45, 7) is 3.91. The van der Waals surface area contributed by atoms with Crippen molar-refractivity contribution in [2.75, 3.05) is 11.1 Å². The lowest BCUT2D eigenvalue weighted by Crippen LogP contribution is -2.10. The van der Waals surface area contributed by atoms with Gasteiger partial charge in [0.2, 0.25) is 5.76 Å². The molecular weight excluding hydrogens is 652 g/mol. The van der Waals surface area contributed by atoms with E-state index in [-0.39, 0.29) is 31.8 Å². The number of amides is 1. The van der Waals surface area contributed by atoms with Gasteiger partial charge in [-0.2, -0.15) is 0 Å². The molecular formula is C30H24N6O9S2. The second kappa shape index (κ2) is 15.2. The van der Waals surface area contributed by atoms with E-state index in [9.17, 15) is 29.8 Å². The van der Waals surface area contributed by atoms with Crippen LogP contribution in [0.25, 0.3) is 22.6 Å². The molecule has 0 unspecified atom stereocenters. The quantitative estimate of drug-likeness (QED) is 0.110. The average Bonchev–Trinajstić information content (AvgIpc) is 3.86. The van der Waals surface area contributed by atoms with Crippen molar-refractivity contribution in [1.82, 2.24) is 9.97 Å². The molecule has 0 bridgehead atoms. The average molecular weight is 677 g/mol. The summed E-state index contributed by atoms with van der Waals surface area (Å²) in [4.78, 5) is 49.5. The minimum absolute atomic E-state index is 0.0208. The van der Waals surface area contributed by atoms with Gasteiger partial charge in [-0.15, -0.1) is 0 Å². The number of nitrogens with zero attached hydrogens (tertiary/aromatic N) is 4. The first-order valence-electron chi connectivity index (χ1n) is 13.2. The summed E-state index contributed by atoms with van der Waals surface area (Å²) in [5, 5.41) is 32.0. The Morgan fingerprint density at radius 1 is 0.766 bits per heavy atom. The van der Waals surface area contributed by atoms with E-state index in [1.54, 1.807) is 18.2 Å². The molecule has 47 heavy (non-hydrogen) atoms. The third kappa shape index (κ3) is 8.93. The van der Waals surface area contributed by atoms with E-state index in [0.29, 0.717) is 11.5 Å². The van der Waals surface area contributed by atoms with Gasteiger partial charge < -0.3 is 19.7 Å². The van der Waals surface area contributed by atoms with Crippen LogP contribution in [0.3, 0.4) is 0 Å². The summed E-state index contributed by atoms with van der Waals surface area (Å²) in [6, 6.07) is 21.7. The molecule has 0 spiro atoms. The number of hydrogen-bond donors (Lipinski definition) is 3. The normalized spacial score (nSPS) is 10.2. The molecule has 0 atom stereocenters. The third-order valence-electron chi connectivity index (χ3n) is 6.05. The number of carbonyl (C=O) groups is 2. The number of furan rings is 2. The fraction of sp³-hybridized carbons (Fsp3) is 0.0667. The zero-order valence-electron chi connectivity index (χ0n) is 24.5. The van der Waals surface area contributed by atoms with E-state index >= 15 is 0 Å². The molecule has 6 aromatic rings. The fourth-order valence-corrected chi connectivity index (χ4v) is 4.96. The monoisotopic (exact) mass is 676 g/mol. The van der Waals surface area contributed by atoms with Crippen molar-refractivity contribution in [3.63, 3.8) is 0 Å². The molecule has 4 N–H and O–H groups in total. The van der Waals surface area contributed by atoms with E-state index in [1.165, 1.54) is 6.07 Å². The summed E-state index contributed by atoms with van der Waals surface area (Å²) in [5.74, 6) is -0.304. The first-order chi connectivity index (χ1) is 22.4. The van der Waals surface area contributed by atoms with Gasteiger partial charge in [-0.1, -0.05) is 48.5 Å². The Bertz CT molecular complexity index is 2050. The van der Waals surface area contributed by atoms with E-state index < -0.39 is 21.7 Å². The molecule has 15 nitrogen and oxygen atoms in total. The number of carbonyl (C=O) groups excluding carboxylic acids is 1. The largest absolute Gasteiger partial charge is 0.475 e. The third-order valence-corrected chi connectivity index (χ3v) is 7.70. The van der Waals surface area contributed by atoms with Gasteiger partial charge in [0.05, 0.1) is 9.85 Å². The van der Waals surface area contributed by atoms with E-state index in [2.05, 4.69) is 15.3 Å². The highest BCUT2D eigenvalue weighted by Gasteiger charge is 2.17. The Kier molecular flexibility index (Phi) is 10.9. The first-order valence-corrected chi connectivity index (χ1v) is 14.9. The number of aromatic nitrogens is 2. The Labute approximate surface area is 273 Å². The first kappa shape index (κ1) is 33.7. The van der Waals surface area contributed by atoms with E-state index in [0.717, 1.165) is 57.3 Å². The highest BCUT2D eigenvalue weighted by molar-refractivity contribution is 7.19. The number of carboxylic acids is 1. The number of nitrogens with two attached hydrogens (primary N) is 1. The molecule has 0 fully saturated rings. The maximum Gasteiger partial charge on any atom is 0.371 e. The van der Waals surface area contributed by atoms with Crippen LogP contribution in [0.5, 0.6) is 0 Å². The molecule has 4 heterocycles. The van der Waals surface area contributed by atoms with Crippen molar-refractivity contribution in [3.8, 4) is 22.6 Å². The molecule has 1 amide bonds. The van der Waals surface area contributed by atoms with Gasteiger partial charge in [-0.25, -0.2) is 14.8 Å². The number of benzene rings is 2. The summed E-state index contributed by atoms with van der Waals surface area (Å²) in [6.07, 6.45) is 2.24. The van der Waals surface area contributed by atoms with Gasteiger partial charge in [0, 0.05) is 11.1 Å². The van der Waals surface area contributed by atoms with Crippen molar-refractivity contribution in [2.24, 2.45) is 0 Å². The summed E-state index contributed by atoms with van der Waals surface area (Å²) < 4.78 is 10.8. The fourth-order valence-electron chi connectivity index (χ4n) is 3.83. The second-order valence-corrected chi connectivity index (χ2v) is 11.3. The Hall–Kier alpha value is -6.20. The van der Waals surface area contributed by atoms with Gasteiger partial charge in [0.25, 0.3) is 5.91 Å². The maximum atomic E-state index is 12.1. The van der Waals surface area contributed by atoms with Gasteiger partial charge in [-0.3, -0.25) is 30.3 Å². The van der Waals surface area contributed by atoms with Gasteiger partial charge in [0.15, 0.2) is 16.0 Å². The minimum atomic E-state index is -1.05. The van der Waals surface area contributed by atoms with Crippen molar-refractivity contribution >= 4 is 54.8 Å². The molecule has 240 valence electrons. The number of aryl methyl sites for hydroxylation is 2. The van der Waals surface area contributed by atoms with Crippen LogP contribution in [-0.4, -0.2) is 36.8 Å². The van der Waals surface area contributed by atoms with Crippen molar-refractivity contribution in [3.05, 3.63) is 128 Å². The number of nitro groups is 2. The zero-order chi connectivity index (χ0) is 34.1. The van der Waals surface area contributed by atoms with Crippen LogP contribution < -0.4 is 11.1 Å². The van der Waals surface area contributed by atoms with Crippen LogP contribution in [0.15, 0.2) is 94.0 Å². The van der Waals surface area contributed by atoms with Gasteiger partial charge in [0.1, 0.15) is 23.9 Å². The summed E-state index contributed by atoms with van der Waals surface area (Å²) in [5.41, 5.74) is 9.03. The van der Waals surface area contributed by atoms with Crippen molar-refractivity contribution in [1.29, 1.82) is 0 Å². The number of nitrogens with one attached hydrogen (secondary N) is 1. The summed E-state index contributed by atoms with van der Waals surface area (Å²) >= 11 is 1.65. The number of carboxylic acid groups (broad SMARTS) is 1. The molecule has 0 aliphatic carbocycles. The topological polar surface area (TPSA) is 231 Å². The molecule has 6 rings (SSSR count). The van der Waals surface area contributed by atoms with Gasteiger partial charge >= 0.3 is 16.0 Å². The van der Waals surface area contributed by atoms with Crippen LogP contribution >= 0.6 is 22.7 Å². The maximum absolute atomic E-state index is 12.1. The number of nitrogen functional groups attached to an aromatic ring is 1. The van der Waals surface area contributed by atoms with E-state index in [4.69, 9.17) is 19.7 Å². The number of rotatable bonds is 7. The number of aromatic carboxylic acids is 1. The second-order valence-electron chi connectivity index (χ2n) is 9.27. The van der Waals surface area contributed by atoms with Crippen molar-refractivity contribution in [2.45, 2.75) is 13.8 Å². The zero-order valence-corrected chi connectivity index (χ0v) is 26.1. The summed E-state index contributed by atoms with van der Waals surface area (Å²) in [7, 11) is 0.